The maximum Gasteiger partial charge on any atom is 0.285 e. The molecule has 0 saturated carbocycles. The molecule has 1 aliphatic rings. The zero-order chi connectivity index (χ0) is 15.6. The lowest BCUT2D eigenvalue weighted by atomic mass is 10.1. The van der Waals surface area contributed by atoms with Crippen molar-refractivity contribution < 1.29 is 18.8 Å². The molecular formula is C13H16FN3O4. The van der Waals surface area contributed by atoms with Gasteiger partial charge < -0.3 is 15.8 Å². The van der Waals surface area contributed by atoms with Gasteiger partial charge in [-0.25, -0.2) is 4.39 Å². The number of nitro benzene ring substituents is 1. The molecular weight excluding hydrogens is 281 g/mol. The highest BCUT2D eigenvalue weighted by Crippen LogP contribution is 2.25. The fraction of sp³-hybridized carbons (Fsp3) is 0.462. The third-order valence-corrected chi connectivity index (χ3v) is 3.44. The van der Waals surface area contributed by atoms with Crippen molar-refractivity contribution in [3.05, 3.63) is 33.6 Å². The second-order valence-electron chi connectivity index (χ2n) is 4.96. The molecule has 2 unspecified atom stereocenters. The van der Waals surface area contributed by atoms with Gasteiger partial charge in [0.05, 0.1) is 28.8 Å². The maximum atomic E-state index is 13.3. The monoisotopic (exact) mass is 297 g/mol. The molecule has 0 aliphatic carbocycles. The third kappa shape index (κ3) is 3.27. The maximum absolute atomic E-state index is 13.3. The highest BCUT2D eigenvalue weighted by atomic mass is 19.1. The number of ether oxygens (including phenoxy) is 1. The molecule has 7 nitrogen and oxygen atoms in total. The van der Waals surface area contributed by atoms with Crippen LogP contribution < -0.4 is 11.1 Å². The van der Waals surface area contributed by atoms with Crippen LogP contribution in [0.3, 0.4) is 0 Å². The van der Waals surface area contributed by atoms with Gasteiger partial charge in [0.1, 0.15) is 5.56 Å². The van der Waals surface area contributed by atoms with Crippen LogP contribution in [0.25, 0.3) is 0 Å². The van der Waals surface area contributed by atoms with Gasteiger partial charge in [-0.15, -0.1) is 0 Å². The largest absolute Gasteiger partial charge is 0.396 e. The predicted octanol–water partition coefficient (Wildman–Crippen LogP) is 1.61. The summed E-state index contributed by atoms with van der Waals surface area (Å²) in [6.45, 7) is 2.39. The number of carbonyl (C=O) groups excluding carboxylic acids is 1. The Labute approximate surface area is 120 Å². The number of nitrogen functional groups attached to an aromatic ring is 1. The van der Waals surface area contributed by atoms with E-state index in [2.05, 4.69) is 5.32 Å². The number of hydrogen-bond acceptors (Lipinski definition) is 5. The Bertz CT molecular complexity index is 573. The van der Waals surface area contributed by atoms with Crippen LogP contribution in [-0.2, 0) is 4.74 Å². The first kappa shape index (κ1) is 15.2. The fourth-order valence-electron chi connectivity index (χ4n) is 2.29. The average Bonchev–Trinajstić information content (AvgIpc) is 2.95. The minimum absolute atomic E-state index is 0.120. The van der Waals surface area contributed by atoms with Crippen LogP contribution in [0.4, 0.5) is 15.8 Å². The van der Waals surface area contributed by atoms with E-state index in [1.165, 1.54) is 0 Å². The van der Waals surface area contributed by atoms with Crippen LogP contribution in [0.1, 0.15) is 30.1 Å². The summed E-state index contributed by atoms with van der Waals surface area (Å²) in [7, 11) is 0. The van der Waals surface area contributed by atoms with Crippen molar-refractivity contribution in [3.8, 4) is 0 Å². The molecule has 1 amide bonds. The zero-order valence-corrected chi connectivity index (χ0v) is 11.5. The summed E-state index contributed by atoms with van der Waals surface area (Å²) in [6, 6.07) is 1.33. The van der Waals surface area contributed by atoms with Gasteiger partial charge in [-0.3, -0.25) is 14.9 Å². The molecule has 2 rings (SSSR count). The Hall–Kier alpha value is -2.22. The molecule has 1 aromatic carbocycles. The lowest BCUT2D eigenvalue weighted by molar-refractivity contribution is -0.385. The minimum atomic E-state index is -0.926. The third-order valence-electron chi connectivity index (χ3n) is 3.44. The Morgan fingerprint density at radius 1 is 1.62 bits per heavy atom. The van der Waals surface area contributed by atoms with Crippen LogP contribution in [-0.4, -0.2) is 29.6 Å². The van der Waals surface area contributed by atoms with Gasteiger partial charge >= 0.3 is 0 Å². The van der Waals surface area contributed by atoms with Crippen molar-refractivity contribution in [2.75, 3.05) is 12.3 Å². The number of nitrogens with one attached hydrogen (secondary N) is 1. The Balaban J connectivity index is 2.21. The number of nitrogens with zero attached hydrogens (tertiary/aromatic N) is 1. The summed E-state index contributed by atoms with van der Waals surface area (Å²) in [5.41, 5.74) is 4.20. The van der Waals surface area contributed by atoms with E-state index in [9.17, 15) is 19.3 Å². The first-order valence-corrected chi connectivity index (χ1v) is 6.56. The molecule has 114 valence electrons. The molecule has 1 heterocycles. The first-order valence-electron chi connectivity index (χ1n) is 6.56. The van der Waals surface area contributed by atoms with E-state index in [1.54, 1.807) is 6.92 Å². The summed E-state index contributed by atoms with van der Waals surface area (Å²) in [5.74, 6) is -1.60. The van der Waals surface area contributed by atoms with Gasteiger partial charge in [-0.2, -0.15) is 0 Å². The summed E-state index contributed by atoms with van der Waals surface area (Å²) in [5, 5.41) is 13.6. The van der Waals surface area contributed by atoms with Gasteiger partial charge in [0, 0.05) is 6.61 Å². The van der Waals surface area contributed by atoms with Crippen LogP contribution in [0.15, 0.2) is 12.1 Å². The molecule has 0 aromatic heterocycles. The fourth-order valence-corrected chi connectivity index (χ4v) is 2.29. The highest BCUT2D eigenvalue weighted by molar-refractivity contribution is 5.99. The first-order chi connectivity index (χ1) is 9.90. The zero-order valence-electron chi connectivity index (χ0n) is 11.5. The highest BCUT2D eigenvalue weighted by Gasteiger charge is 2.28. The van der Waals surface area contributed by atoms with Crippen molar-refractivity contribution >= 4 is 17.3 Å². The molecule has 1 fully saturated rings. The second kappa shape index (κ2) is 6.04. The number of halogens is 1. The Kier molecular flexibility index (Phi) is 4.37. The van der Waals surface area contributed by atoms with Crippen LogP contribution in [0, 0.1) is 15.9 Å². The van der Waals surface area contributed by atoms with E-state index < -0.39 is 22.3 Å². The number of nitro groups is 1. The van der Waals surface area contributed by atoms with Crippen molar-refractivity contribution in [1.82, 2.24) is 5.32 Å². The summed E-state index contributed by atoms with van der Waals surface area (Å²) in [6.07, 6.45) is 1.61. The number of nitrogens with two attached hydrogens (primary N) is 1. The van der Waals surface area contributed by atoms with Crippen molar-refractivity contribution in [3.63, 3.8) is 0 Å². The number of rotatable bonds is 4. The average molecular weight is 297 g/mol. The molecule has 3 N–H and O–H groups in total. The van der Waals surface area contributed by atoms with Crippen molar-refractivity contribution in [2.45, 2.75) is 31.9 Å². The van der Waals surface area contributed by atoms with Crippen molar-refractivity contribution in [2.24, 2.45) is 0 Å². The van der Waals surface area contributed by atoms with Gasteiger partial charge in [0.15, 0.2) is 5.82 Å². The van der Waals surface area contributed by atoms with E-state index in [-0.39, 0.29) is 23.4 Å². The Morgan fingerprint density at radius 2 is 2.33 bits per heavy atom. The normalized spacial score (nSPS) is 19.2. The standard InChI is InChI=1S/C13H16FN3O4/c1-7(12-3-2-4-21-12)16-13(18)8-5-10(15)9(14)6-11(8)17(19)20/h5-7,12H,2-4,15H2,1H3,(H,16,18). The lowest BCUT2D eigenvalue weighted by Gasteiger charge is -2.20. The molecule has 1 aromatic rings. The molecule has 8 heteroatoms. The topological polar surface area (TPSA) is 107 Å². The molecule has 0 spiro atoms. The molecule has 2 atom stereocenters. The Morgan fingerprint density at radius 3 is 2.90 bits per heavy atom. The van der Waals surface area contributed by atoms with E-state index in [1.807, 2.05) is 0 Å². The SMILES string of the molecule is CC(NC(=O)c1cc(N)c(F)cc1[N+](=O)[O-])C1CCCO1. The van der Waals surface area contributed by atoms with Crippen LogP contribution in [0.2, 0.25) is 0 Å². The summed E-state index contributed by atoms with van der Waals surface area (Å²) in [4.78, 5) is 22.3. The summed E-state index contributed by atoms with van der Waals surface area (Å²) < 4.78 is 18.7. The van der Waals surface area contributed by atoms with Crippen molar-refractivity contribution in [1.29, 1.82) is 0 Å². The van der Waals surface area contributed by atoms with E-state index in [0.717, 1.165) is 18.9 Å². The van der Waals surface area contributed by atoms with Gasteiger partial charge in [0.2, 0.25) is 0 Å². The molecule has 1 aliphatic heterocycles. The molecule has 0 bridgehead atoms. The minimum Gasteiger partial charge on any atom is -0.396 e. The van der Waals surface area contributed by atoms with Gasteiger partial charge in [-0.05, 0) is 25.8 Å². The van der Waals surface area contributed by atoms with E-state index in [0.29, 0.717) is 12.7 Å². The summed E-state index contributed by atoms with van der Waals surface area (Å²) >= 11 is 0. The predicted molar refractivity (Wildman–Crippen MR) is 73.4 cm³/mol. The number of carbonyl (C=O) groups is 1. The number of benzene rings is 1. The van der Waals surface area contributed by atoms with E-state index in [4.69, 9.17) is 10.5 Å². The van der Waals surface area contributed by atoms with Crippen LogP contribution >= 0.6 is 0 Å². The van der Waals surface area contributed by atoms with Crippen LogP contribution in [0.5, 0.6) is 0 Å². The number of hydrogen-bond donors (Lipinski definition) is 2. The quantitative estimate of drug-likeness (QED) is 0.499. The van der Waals surface area contributed by atoms with Gasteiger partial charge in [0.25, 0.3) is 11.6 Å². The molecule has 0 radical (unpaired) electrons. The molecule has 1 saturated heterocycles. The lowest BCUT2D eigenvalue weighted by Crippen LogP contribution is -2.41. The number of anilines is 1. The number of amides is 1. The second-order valence-corrected chi connectivity index (χ2v) is 4.96. The van der Waals surface area contributed by atoms with E-state index >= 15 is 0 Å². The smallest absolute Gasteiger partial charge is 0.285 e. The molecule has 21 heavy (non-hydrogen) atoms. The van der Waals surface area contributed by atoms with Gasteiger partial charge in [-0.1, -0.05) is 0 Å².